The molecule has 3 rings (SSSR count). The number of carbonyl (C=O) groups excluding carboxylic acids is 1. The number of ether oxygens (including phenoxy) is 2. The molecule has 0 aromatic heterocycles. The van der Waals surface area contributed by atoms with Crippen molar-refractivity contribution in [3.8, 4) is 17.2 Å². The molecule has 0 amide bonds. The minimum Gasteiger partial charge on any atom is -0.508 e. The van der Waals surface area contributed by atoms with E-state index in [1.807, 2.05) is 48.5 Å². The Morgan fingerprint density at radius 1 is 0.963 bits per heavy atom. The van der Waals surface area contributed by atoms with E-state index in [0.29, 0.717) is 23.7 Å². The number of benzene rings is 3. The van der Waals surface area contributed by atoms with Gasteiger partial charge in [-0.2, -0.15) is 0 Å². The van der Waals surface area contributed by atoms with Gasteiger partial charge in [-0.15, -0.1) is 0 Å². The summed E-state index contributed by atoms with van der Waals surface area (Å²) in [6.07, 6.45) is 3.21. The number of aromatic hydroxyl groups is 1. The lowest BCUT2D eigenvalue weighted by Crippen LogP contribution is -1.98. The fourth-order valence-electron chi connectivity index (χ4n) is 2.54. The van der Waals surface area contributed by atoms with Crippen LogP contribution in [-0.2, 0) is 6.61 Å². The van der Waals surface area contributed by atoms with Crippen LogP contribution in [0, 0.1) is 0 Å². The fraction of sp³-hybridized carbons (Fsp3) is 0.0870. The minimum absolute atomic E-state index is 0.131. The van der Waals surface area contributed by atoms with Gasteiger partial charge >= 0.3 is 0 Å². The second-order valence-corrected chi connectivity index (χ2v) is 5.93. The second-order valence-electron chi connectivity index (χ2n) is 5.93. The third-order valence-corrected chi connectivity index (χ3v) is 4.00. The first-order valence-corrected chi connectivity index (χ1v) is 8.52. The molecule has 0 saturated heterocycles. The summed E-state index contributed by atoms with van der Waals surface area (Å²) in [5.41, 5.74) is 2.41. The number of phenolic OH excluding ortho intramolecular Hbond substituents is 1. The first-order chi connectivity index (χ1) is 13.2. The van der Waals surface area contributed by atoms with E-state index >= 15 is 0 Å². The summed E-state index contributed by atoms with van der Waals surface area (Å²) in [7, 11) is 1.58. The lowest BCUT2D eigenvalue weighted by atomic mass is 10.1. The molecule has 0 saturated carbocycles. The third kappa shape index (κ3) is 4.98. The predicted molar refractivity (Wildman–Crippen MR) is 105 cm³/mol. The van der Waals surface area contributed by atoms with Gasteiger partial charge in [-0.3, -0.25) is 4.79 Å². The van der Waals surface area contributed by atoms with Crippen molar-refractivity contribution in [1.82, 2.24) is 0 Å². The van der Waals surface area contributed by atoms with Crippen LogP contribution in [-0.4, -0.2) is 18.0 Å². The molecule has 0 aliphatic rings. The van der Waals surface area contributed by atoms with E-state index in [-0.39, 0.29) is 11.5 Å². The van der Waals surface area contributed by atoms with Crippen molar-refractivity contribution in [2.45, 2.75) is 6.61 Å². The highest BCUT2D eigenvalue weighted by Gasteiger charge is 2.06. The Morgan fingerprint density at radius 3 is 2.41 bits per heavy atom. The molecule has 3 aromatic carbocycles. The van der Waals surface area contributed by atoms with Crippen LogP contribution in [0.1, 0.15) is 21.5 Å². The van der Waals surface area contributed by atoms with Crippen molar-refractivity contribution in [3.63, 3.8) is 0 Å². The Morgan fingerprint density at radius 2 is 1.70 bits per heavy atom. The SMILES string of the molecule is COc1cc(/C=C\C(=O)c2ccc(O)cc2)ccc1OCc1ccccc1. The standard InChI is InChI=1S/C23H20O4/c1-26-23-15-17(7-13-21(25)19-9-11-20(24)12-10-19)8-14-22(23)27-16-18-5-3-2-4-6-18/h2-15,24H,16H2,1H3/b13-7-. The van der Waals surface area contributed by atoms with Crippen LogP contribution >= 0.6 is 0 Å². The van der Waals surface area contributed by atoms with Crippen molar-refractivity contribution >= 4 is 11.9 Å². The first-order valence-electron chi connectivity index (χ1n) is 8.52. The van der Waals surface area contributed by atoms with E-state index < -0.39 is 0 Å². The van der Waals surface area contributed by atoms with Gasteiger partial charge < -0.3 is 14.6 Å². The van der Waals surface area contributed by atoms with Crippen molar-refractivity contribution in [3.05, 3.63) is 95.6 Å². The number of hydrogen-bond acceptors (Lipinski definition) is 4. The van der Waals surface area contributed by atoms with Crippen molar-refractivity contribution in [2.75, 3.05) is 7.11 Å². The Balaban J connectivity index is 1.69. The van der Waals surface area contributed by atoms with E-state index in [1.54, 1.807) is 25.3 Å². The molecular formula is C23H20O4. The number of methoxy groups -OCH3 is 1. The summed E-state index contributed by atoms with van der Waals surface area (Å²) < 4.78 is 11.2. The zero-order chi connectivity index (χ0) is 19.1. The van der Waals surface area contributed by atoms with Crippen LogP contribution in [0.2, 0.25) is 0 Å². The number of rotatable bonds is 7. The molecule has 27 heavy (non-hydrogen) atoms. The summed E-state index contributed by atoms with van der Waals surface area (Å²) in [6.45, 7) is 0.450. The molecule has 0 unspecified atom stereocenters. The molecule has 0 spiro atoms. The normalized spacial score (nSPS) is 10.7. The molecule has 0 atom stereocenters. The summed E-state index contributed by atoms with van der Waals surface area (Å²) >= 11 is 0. The Bertz CT molecular complexity index is 928. The summed E-state index contributed by atoms with van der Waals surface area (Å²) in [5.74, 6) is 1.23. The average molecular weight is 360 g/mol. The number of carbonyl (C=O) groups is 1. The van der Waals surface area contributed by atoms with Gasteiger partial charge in [-0.25, -0.2) is 0 Å². The largest absolute Gasteiger partial charge is 0.508 e. The van der Waals surface area contributed by atoms with Gasteiger partial charge in [0.25, 0.3) is 0 Å². The molecule has 0 fully saturated rings. The van der Waals surface area contributed by atoms with Crippen molar-refractivity contribution < 1.29 is 19.4 Å². The highest BCUT2D eigenvalue weighted by molar-refractivity contribution is 6.06. The Labute approximate surface area is 158 Å². The lowest BCUT2D eigenvalue weighted by Gasteiger charge is -2.11. The maximum absolute atomic E-state index is 12.2. The van der Waals surface area contributed by atoms with E-state index in [0.717, 1.165) is 11.1 Å². The summed E-state index contributed by atoms with van der Waals surface area (Å²) in [6, 6.07) is 21.6. The molecule has 0 bridgehead atoms. The Hall–Kier alpha value is -3.53. The molecule has 136 valence electrons. The number of hydrogen-bond donors (Lipinski definition) is 1. The van der Waals surface area contributed by atoms with Crippen LogP contribution in [0.15, 0.2) is 78.9 Å². The smallest absolute Gasteiger partial charge is 0.185 e. The van der Waals surface area contributed by atoms with Gasteiger partial charge in [0, 0.05) is 5.56 Å². The van der Waals surface area contributed by atoms with Gasteiger partial charge in [0.2, 0.25) is 0 Å². The van der Waals surface area contributed by atoms with Crippen LogP contribution in [0.5, 0.6) is 17.2 Å². The molecule has 0 radical (unpaired) electrons. The molecule has 4 nitrogen and oxygen atoms in total. The van der Waals surface area contributed by atoms with E-state index in [1.165, 1.54) is 18.2 Å². The van der Waals surface area contributed by atoms with E-state index in [4.69, 9.17) is 9.47 Å². The molecule has 4 heteroatoms. The van der Waals surface area contributed by atoms with Crippen LogP contribution in [0.3, 0.4) is 0 Å². The van der Waals surface area contributed by atoms with Gasteiger partial charge in [0.05, 0.1) is 7.11 Å². The second kappa shape index (κ2) is 8.72. The highest BCUT2D eigenvalue weighted by Crippen LogP contribution is 2.29. The van der Waals surface area contributed by atoms with Crippen molar-refractivity contribution in [1.29, 1.82) is 0 Å². The maximum Gasteiger partial charge on any atom is 0.185 e. The van der Waals surface area contributed by atoms with Gasteiger partial charge in [-0.1, -0.05) is 42.5 Å². The van der Waals surface area contributed by atoms with Crippen molar-refractivity contribution in [2.24, 2.45) is 0 Å². The summed E-state index contributed by atoms with van der Waals surface area (Å²) in [5, 5.41) is 9.29. The monoisotopic (exact) mass is 360 g/mol. The number of phenols is 1. The molecule has 3 aromatic rings. The molecular weight excluding hydrogens is 340 g/mol. The van der Waals surface area contributed by atoms with Gasteiger partial charge in [-0.05, 0) is 53.6 Å². The first kappa shape index (κ1) is 18.3. The zero-order valence-corrected chi connectivity index (χ0v) is 15.0. The minimum atomic E-state index is -0.140. The summed E-state index contributed by atoms with van der Waals surface area (Å²) in [4.78, 5) is 12.2. The van der Waals surface area contributed by atoms with E-state index in [2.05, 4.69) is 0 Å². The maximum atomic E-state index is 12.2. The van der Waals surface area contributed by atoms with Crippen LogP contribution in [0.4, 0.5) is 0 Å². The molecule has 0 aliphatic heterocycles. The fourth-order valence-corrected chi connectivity index (χ4v) is 2.54. The van der Waals surface area contributed by atoms with Crippen LogP contribution in [0.25, 0.3) is 6.08 Å². The molecule has 0 heterocycles. The molecule has 1 N–H and O–H groups in total. The quantitative estimate of drug-likeness (QED) is 0.482. The van der Waals surface area contributed by atoms with Crippen LogP contribution < -0.4 is 9.47 Å². The van der Waals surface area contributed by atoms with Gasteiger partial charge in [0.15, 0.2) is 17.3 Å². The topological polar surface area (TPSA) is 55.8 Å². The van der Waals surface area contributed by atoms with Gasteiger partial charge in [0.1, 0.15) is 12.4 Å². The predicted octanol–water partition coefficient (Wildman–Crippen LogP) is 4.88. The third-order valence-electron chi connectivity index (χ3n) is 4.00. The lowest BCUT2D eigenvalue weighted by molar-refractivity contribution is 0.104. The average Bonchev–Trinajstić information content (AvgIpc) is 2.72. The highest BCUT2D eigenvalue weighted by atomic mass is 16.5. The molecule has 0 aliphatic carbocycles. The van der Waals surface area contributed by atoms with E-state index in [9.17, 15) is 9.90 Å². The zero-order valence-electron chi connectivity index (χ0n) is 15.0. The number of ketones is 1. The number of allylic oxidation sites excluding steroid dienone is 1. The Kier molecular flexibility index (Phi) is 5.90.